The van der Waals surface area contributed by atoms with Gasteiger partial charge in [-0.15, -0.1) is 0 Å². The normalized spacial score (nSPS) is 10.5. The highest BCUT2D eigenvalue weighted by atomic mass is 35.5. The molecule has 15 heavy (non-hydrogen) atoms. The van der Waals surface area contributed by atoms with Crippen LogP contribution in [-0.4, -0.2) is 18.1 Å². The Morgan fingerprint density at radius 1 is 1.67 bits per heavy atom. The SMILES string of the molecule is COC(=O)c1nc(Cl)cc(N)c1C(F)F. The molecule has 1 rings (SSSR count). The van der Waals surface area contributed by atoms with E-state index >= 15 is 0 Å². The van der Waals surface area contributed by atoms with Gasteiger partial charge in [0.05, 0.1) is 12.7 Å². The van der Waals surface area contributed by atoms with E-state index in [0.29, 0.717) is 0 Å². The number of pyridine rings is 1. The number of alkyl halides is 2. The monoisotopic (exact) mass is 236 g/mol. The van der Waals surface area contributed by atoms with Gasteiger partial charge in [0.15, 0.2) is 5.69 Å². The van der Waals surface area contributed by atoms with Gasteiger partial charge in [-0.2, -0.15) is 0 Å². The number of rotatable bonds is 2. The Hall–Kier alpha value is -1.43. The fraction of sp³-hybridized carbons (Fsp3) is 0.250. The molecule has 0 fully saturated rings. The van der Waals surface area contributed by atoms with E-state index in [-0.39, 0.29) is 10.8 Å². The lowest BCUT2D eigenvalue weighted by atomic mass is 10.1. The molecule has 4 nitrogen and oxygen atoms in total. The molecule has 0 spiro atoms. The van der Waals surface area contributed by atoms with Crippen LogP contribution in [0, 0.1) is 0 Å². The summed E-state index contributed by atoms with van der Waals surface area (Å²) in [5.41, 5.74) is 3.80. The summed E-state index contributed by atoms with van der Waals surface area (Å²) in [5, 5.41) is -0.141. The molecule has 0 aliphatic rings. The van der Waals surface area contributed by atoms with Gasteiger partial charge in [0.2, 0.25) is 0 Å². The molecule has 0 aliphatic carbocycles. The number of methoxy groups -OCH3 is 1. The van der Waals surface area contributed by atoms with Crippen molar-refractivity contribution in [2.24, 2.45) is 0 Å². The summed E-state index contributed by atoms with van der Waals surface area (Å²) >= 11 is 5.48. The van der Waals surface area contributed by atoms with E-state index < -0.39 is 23.7 Å². The molecule has 1 aromatic rings. The Kier molecular flexibility index (Phi) is 3.41. The van der Waals surface area contributed by atoms with E-state index in [4.69, 9.17) is 17.3 Å². The van der Waals surface area contributed by atoms with Gasteiger partial charge in [-0.3, -0.25) is 0 Å². The van der Waals surface area contributed by atoms with Crippen LogP contribution >= 0.6 is 11.6 Å². The first-order chi connectivity index (χ1) is 6.97. The largest absolute Gasteiger partial charge is 0.464 e. The number of carbonyl (C=O) groups excluding carboxylic acids is 1. The van der Waals surface area contributed by atoms with Crippen LogP contribution < -0.4 is 5.73 Å². The molecule has 2 N–H and O–H groups in total. The van der Waals surface area contributed by atoms with Crippen molar-refractivity contribution in [2.45, 2.75) is 6.43 Å². The number of nitrogens with zero attached hydrogens (tertiary/aromatic N) is 1. The zero-order chi connectivity index (χ0) is 11.6. The molecular weight excluding hydrogens is 230 g/mol. The first kappa shape index (κ1) is 11.6. The lowest BCUT2D eigenvalue weighted by Crippen LogP contribution is -2.11. The third-order valence-corrected chi connectivity index (χ3v) is 1.85. The van der Waals surface area contributed by atoms with Crippen LogP contribution in [0.5, 0.6) is 0 Å². The molecule has 0 bridgehead atoms. The quantitative estimate of drug-likeness (QED) is 0.630. The van der Waals surface area contributed by atoms with Crippen molar-refractivity contribution in [3.63, 3.8) is 0 Å². The molecule has 1 heterocycles. The summed E-state index contributed by atoms with van der Waals surface area (Å²) in [4.78, 5) is 14.6. The molecule has 0 aromatic carbocycles. The number of anilines is 1. The minimum atomic E-state index is -2.91. The van der Waals surface area contributed by atoms with Gasteiger partial charge in [-0.05, 0) is 6.07 Å². The summed E-state index contributed by atoms with van der Waals surface area (Å²) in [6.45, 7) is 0. The maximum absolute atomic E-state index is 12.5. The zero-order valence-electron chi connectivity index (χ0n) is 7.63. The van der Waals surface area contributed by atoms with Crippen molar-refractivity contribution >= 4 is 23.3 Å². The van der Waals surface area contributed by atoms with Crippen LogP contribution in [0.1, 0.15) is 22.5 Å². The first-order valence-corrected chi connectivity index (χ1v) is 4.17. The molecule has 0 saturated carbocycles. The van der Waals surface area contributed by atoms with E-state index in [2.05, 4.69) is 9.72 Å². The topological polar surface area (TPSA) is 65.2 Å². The van der Waals surface area contributed by atoms with E-state index in [0.717, 1.165) is 13.2 Å². The number of nitrogen functional groups attached to an aromatic ring is 1. The summed E-state index contributed by atoms with van der Waals surface area (Å²) in [7, 11) is 1.05. The lowest BCUT2D eigenvalue weighted by molar-refractivity contribution is 0.0582. The average molecular weight is 237 g/mol. The number of esters is 1. The fourth-order valence-corrected chi connectivity index (χ4v) is 1.23. The maximum Gasteiger partial charge on any atom is 0.357 e. The summed E-state index contributed by atoms with van der Waals surface area (Å²) in [5.74, 6) is -1.00. The van der Waals surface area contributed by atoms with Crippen molar-refractivity contribution < 1.29 is 18.3 Å². The minimum Gasteiger partial charge on any atom is -0.464 e. The molecule has 0 saturated heterocycles. The molecule has 0 radical (unpaired) electrons. The zero-order valence-corrected chi connectivity index (χ0v) is 8.39. The predicted molar refractivity (Wildman–Crippen MR) is 50.0 cm³/mol. The first-order valence-electron chi connectivity index (χ1n) is 3.79. The second kappa shape index (κ2) is 4.39. The highest BCUT2D eigenvalue weighted by molar-refractivity contribution is 6.29. The molecule has 0 aliphatic heterocycles. The van der Waals surface area contributed by atoms with Crippen molar-refractivity contribution in [3.8, 4) is 0 Å². The number of carbonyl (C=O) groups is 1. The second-order valence-corrected chi connectivity index (χ2v) is 2.98. The van der Waals surface area contributed by atoms with Gasteiger partial charge in [0.1, 0.15) is 5.15 Å². The van der Waals surface area contributed by atoms with Crippen LogP contribution in [0.2, 0.25) is 5.15 Å². The van der Waals surface area contributed by atoms with Gasteiger partial charge in [0.25, 0.3) is 6.43 Å². The van der Waals surface area contributed by atoms with Crippen LogP contribution in [-0.2, 0) is 4.74 Å². The third-order valence-electron chi connectivity index (χ3n) is 1.66. The fourth-order valence-electron chi connectivity index (χ4n) is 1.02. The van der Waals surface area contributed by atoms with Crippen molar-refractivity contribution in [1.29, 1.82) is 0 Å². The van der Waals surface area contributed by atoms with Crippen LogP contribution in [0.4, 0.5) is 14.5 Å². The van der Waals surface area contributed by atoms with Crippen molar-refractivity contribution in [2.75, 3.05) is 12.8 Å². The van der Waals surface area contributed by atoms with Crippen LogP contribution in [0.25, 0.3) is 0 Å². The van der Waals surface area contributed by atoms with Crippen molar-refractivity contribution in [1.82, 2.24) is 4.98 Å². The maximum atomic E-state index is 12.5. The standard InChI is InChI=1S/C8H7ClF2N2O2/c1-15-8(14)6-5(7(10)11)3(12)2-4(9)13-6/h2,7H,1H3,(H2,12,13). The highest BCUT2D eigenvalue weighted by Gasteiger charge is 2.24. The average Bonchev–Trinajstić information content (AvgIpc) is 2.14. The Balaban J connectivity index is 3.40. The Morgan fingerprint density at radius 2 is 2.27 bits per heavy atom. The Morgan fingerprint density at radius 3 is 2.73 bits per heavy atom. The second-order valence-electron chi connectivity index (χ2n) is 2.59. The van der Waals surface area contributed by atoms with Gasteiger partial charge >= 0.3 is 5.97 Å². The molecule has 0 amide bonds. The molecular formula is C8H7ClF2N2O2. The Bertz CT molecular complexity index is 398. The number of nitrogens with two attached hydrogens (primary N) is 1. The van der Waals surface area contributed by atoms with E-state index in [9.17, 15) is 13.6 Å². The third kappa shape index (κ3) is 2.33. The number of aromatic nitrogens is 1. The molecule has 7 heteroatoms. The number of halogens is 3. The summed E-state index contributed by atoms with van der Waals surface area (Å²) in [6, 6.07) is 1.05. The Labute approximate surface area is 89.0 Å². The van der Waals surface area contributed by atoms with E-state index in [1.165, 1.54) is 0 Å². The predicted octanol–water partition coefficient (Wildman–Crippen LogP) is 2.04. The molecule has 0 unspecified atom stereocenters. The smallest absolute Gasteiger partial charge is 0.357 e. The lowest BCUT2D eigenvalue weighted by Gasteiger charge is -2.09. The van der Waals surface area contributed by atoms with Crippen LogP contribution in [0.15, 0.2) is 6.07 Å². The minimum absolute atomic E-state index is 0.141. The van der Waals surface area contributed by atoms with E-state index in [1.807, 2.05) is 0 Å². The summed E-state index contributed by atoms with van der Waals surface area (Å²) < 4.78 is 29.4. The highest BCUT2D eigenvalue weighted by Crippen LogP contribution is 2.29. The number of hydrogen-bond acceptors (Lipinski definition) is 4. The van der Waals surface area contributed by atoms with Gasteiger partial charge in [-0.1, -0.05) is 11.6 Å². The van der Waals surface area contributed by atoms with Crippen LogP contribution in [0.3, 0.4) is 0 Å². The summed E-state index contributed by atoms with van der Waals surface area (Å²) in [6.07, 6.45) is -2.91. The van der Waals surface area contributed by atoms with Crippen molar-refractivity contribution in [3.05, 3.63) is 22.5 Å². The molecule has 82 valence electrons. The molecule has 1 aromatic heterocycles. The van der Waals surface area contributed by atoms with Gasteiger partial charge < -0.3 is 10.5 Å². The van der Waals surface area contributed by atoms with Gasteiger partial charge in [-0.25, -0.2) is 18.6 Å². The number of ether oxygens (including phenoxy) is 1. The van der Waals surface area contributed by atoms with Gasteiger partial charge in [0, 0.05) is 5.69 Å². The van der Waals surface area contributed by atoms with E-state index in [1.54, 1.807) is 0 Å². The number of hydrogen-bond donors (Lipinski definition) is 1. The molecule has 0 atom stereocenters.